The fourth-order valence-corrected chi connectivity index (χ4v) is 2.41. The first-order chi connectivity index (χ1) is 6.85. The van der Waals surface area contributed by atoms with Crippen molar-refractivity contribution in [3.05, 3.63) is 35.4 Å². The van der Waals surface area contributed by atoms with Gasteiger partial charge in [-0.05, 0) is 43.4 Å². The topological polar surface area (TPSA) is 12.0 Å². The zero-order valence-corrected chi connectivity index (χ0v) is 9.09. The molecule has 2 unspecified atom stereocenters. The summed E-state index contributed by atoms with van der Waals surface area (Å²) in [6, 6.07) is 9.53. The summed E-state index contributed by atoms with van der Waals surface area (Å²) in [6.45, 7) is 2.26. The molecule has 2 atom stereocenters. The number of hydrogen-bond donors (Lipinski definition) is 1. The lowest BCUT2D eigenvalue weighted by molar-refractivity contribution is 0.431. The monoisotopic (exact) mass is 189 g/mol. The van der Waals surface area contributed by atoms with E-state index in [1.54, 1.807) is 11.1 Å². The Bertz CT molecular complexity index is 302. The Hall–Kier alpha value is -0.820. The summed E-state index contributed by atoms with van der Waals surface area (Å²) < 4.78 is 0. The van der Waals surface area contributed by atoms with Crippen LogP contribution in [0.1, 0.15) is 36.8 Å². The Morgan fingerprint density at radius 2 is 2.21 bits per heavy atom. The number of rotatable bonds is 4. The van der Waals surface area contributed by atoms with Crippen LogP contribution in [0.2, 0.25) is 0 Å². The molecule has 0 fully saturated rings. The Morgan fingerprint density at radius 1 is 1.43 bits per heavy atom. The molecule has 0 spiro atoms. The molecule has 0 saturated carbocycles. The van der Waals surface area contributed by atoms with Crippen LogP contribution in [0.5, 0.6) is 0 Å². The molecule has 0 heterocycles. The number of nitrogens with one attached hydrogen (secondary N) is 1. The van der Waals surface area contributed by atoms with Crippen molar-refractivity contribution < 1.29 is 0 Å². The lowest BCUT2D eigenvalue weighted by Crippen LogP contribution is -2.30. The lowest BCUT2D eigenvalue weighted by Gasteiger charge is -2.32. The van der Waals surface area contributed by atoms with Gasteiger partial charge in [0.1, 0.15) is 0 Å². The summed E-state index contributed by atoms with van der Waals surface area (Å²) in [4.78, 5) is 0. The molecule has 0 saturated heterocycles. The van der Waals surface area contributed by atoms with Crippen molar-refractivity contribution in [1.29, 1.82) is 0 Å². The Morgan fingerprint density at radius 3 is 2.86 bits per heavy atom. The average Bonchev–Trinajstić information content (AvgIpc) is 2.20. The molecule has 1 aliphatic carbocycles. The largest absolute Gasteiger partial charge is 0.317 e. The molecule has 0 amide bonds. The van der Waals surface area contributed by atoms with Crippen molar-refractivity contribution in [2.75, 3.05) is 7.05 Å². The molecule has 1 aromatic carbocycles. The van der Waals surface area contributed by atoms with Gasteiger partial charge in [0, 0.05) is 6.04 Å². The summed E-state index contributed by atoms with van der Waals surface area (Å²) in [7, 11) is 2.07. The number of hydrogen-bond acceptors (Lipinski definition) is 1. The van der Waals surface area contributed by atoms with Gasteiger partial charge in [0.05, 0.1) is 0 Å². The predicted molar refractivity (Wildman–Crippen MR) is 60.6 cm³/mol. The maximum atomic E-state index is 3.38. The van der Waals surface area contributed by atoms with E-state index in [0.29, 0.717) is 6.04 Å². The number of fused-ring (bicyclic) bond motifs is 1. The van der Waals surface area contributed by atoms with Crippen molar-refractivity contribution in [2.45, 2.75) is 38.1 Å². The zero-order valence-electron chi connectivity index (χ0n) is 9.09. The lowest BCUT2D eigenvalue weighted by atomic mass is 9.74. The standard InChI is InChI=1S/C13H19N/c1-3-12(14-2)9-11-8-10-6-4-5-7-13(10)11/h4-7,11-12,14H,3,8-9H2,1-2H3. The molecule has 0 radical (unpaired) electrons. The highest BCUT2D eigenvalue weighted by molar-refractivity contribution is 5.39. The highest BCUT2D eigenvalue weighted by Gasteiger charge is 2.26. The van der Waals surface area contributed by atoms with Gasteiger partial charge in [-0.15, -0.1) is 0 Å². The second kappa shape index (κ2) is 4.14. The third kappa shape index (κ3) is 1.69. The van der Waals surface area contributed by atoms with Gasteiger partial charge < -0.3 is 5.32 Å². The minimum absolute atomic E-state index is 0.688. The zero-order chi connectivity index (χ0) is 9.97. The third-order valence-electron chi connectivity index (χ3n) is 3.43. The van der Waals surface area contributed by atoms with E-state index in [0.717, 1.165) is 5.92 Å². The van der Waals surface area contributed by atoms with Crippen molar-refractivity contribution >= 4 is 0 Å². The smallest absolute Gasteiger partial charge is 0.00673 e. The molecule has 0 aliphatic heterocycles. The molecule has 0 aromatic heterocycles. The Labute approximate surface area is 86.5 Å². The molecule has 1 aromatic rings. The van der Waals surface area contributed by atoms with Crippen molar-refractivity contribution in [3.63, 3.8) is 0 Å². The first-order valence-electron chi connectivity index (χ1n) is 5.60. The van der Waals surface area contributed by atoms with E-state index in [1.165, 1.54) is 19.3 Å². The van der Waals surface area contributed by atoms with Gasteiger partial charge in [-0.3, -0.25) is 0 Å². The molecule has 2 rings (SSSR count). The van der Waals surface area contributed by atoms with Crippen LogP contribution >= 0.6 is 0 Å². The van der Waals surface area contributed by atoms with Crippen molar-refractivity contribution in [3.8, 4) is 0 Å². The SMILES string of the molecule is CCC(CC1Cc2ccccc21)NC. The number of benzene rings is 1. The molecule has 14 heavy (non-hydrogen) atoms. The maximum absolute atomic E-state index is 3.38. The second-order valence-corrected chi connectivity index (χ2v) is 4.23. The molecule has 1 heteroatoms. The van der Waals surface area contributed by atoms with E-state index in [2.05, 4.69) is 43.6 Å². The normalized spacial score (nSPS) is 21.1. The van der Waals surface area contributed by atoms with Crippen LogP contribution in [-0.2, 0) is 6.42 Å². The van der Waals surface area contributed by atoms with E-state index in [-0.39, 0.29) is 0 Å². The van der Waals surface area contributed by atoms with E-state index in [9.17, 15) is 0 Å². The van der Waals surface area contributed by atoms with Crippen molar-refractivity contribution in [1.82, 2.24) is 5.32 Å². The highest BCUT2D eigenvalue weighted by Crippen LogP contribution is 2.38. The van der Waals surface area contributed by atoms with Crippen molar-refractivity contribution in [2.24, 2.45) is 0 Å². The van der Waals surface area contributed by atoms with Crippen LogP contribution in [-0.4, -0.2) is 13.1 Å². The maximum Gasteiger partial charge on any atom is 0.00673 e. The van der Waals surface area contributed by atoms with Gasteiger partial charge in [-0.25, -0.2) is 0 Å². The van der Waals surface area contributed by atoms with Crippen LogP contribution in [0.4, 0.5) is 0 Å². The van der Waals surface area contributed by atoms with Gasteiger partial charge in [-0.2, -0.15) is 0 Å². The van der Waals surface area contributed by atoms with Crippen LogP contribution in [0.3, 0.4) is 0 Å². The average molecular weight is 189 g/mol. The van der Waals surface area contributed by atoms with Gasteiger partial charge in [-0.1, -0.05) is 31.2 Å². The van der Waals surface area contributed by atoms with Gasteiger partial charge in [0.25, 0.3) is 0 Å². The first kappa shape index (κ1) is 9.72. The third-order valence-corrected chi connectivity index (χ3v) is 3.43. The summed E-state index contributed by atoms with van der Waals surface area (Å²) in [6.07, 6.45) is 3.81. The van der Waals surface area contributed by atoms with Crippen LogP contribution in [0.15, 0.2) is 24.3 Å². The highest BCUT2D eigenvalue weighted by atomic mass is 14.9. The summed E-state index contributed by atoms with van der Waals surface area (Å²) >= 11 is 0. The van der Waals surface area contributed by atoms with Gasteiger partial charge >= 0.3 is 0 Å². The molecular formula is C13H19N. The molecular weight excluding hydrogens is 170 g/mol. The second-order valence-electron chi connectivity index (χ2n) is 4.23. The van der Waals surface area contributed by atoms with Gasteiger partial charge in [0.2, 0.25) is 0 Å². The van der Waals surface area contributed by atoms with E-state index >= 15 is 0 Å². The Balaban J connectivity index is 1.98. The fraction of sp³-hybridized carbons (Fsp3) is 0.538. The molecule has 0 bridgehead atoms. The van der Waals surface area contributed by atoms with E-state index in [1.807, 2.05) is 0 Å². The minimum Gasteiger partial charge on any atom is -0.317 e. The van der Waals surface area contributed by atoms with Crippen LogP contribution < -0.4 is 5.32 Å². The molecule has 1 aliphatic rings. The predicted octanol–water partition coefficient (Wildman–Crippen LogP) is 2.71. The van der Waals surface area contributed by atoms with Gasteiger partial charge in [0.15, 0.2) is 0 Å². The summed E-state index contributed by atoms with van der Waals surface area (Å²) in [5.74, 6) is 0.809. The van der Waals surface area contributed by atoms with E-state index < -0.39 is 0 Å². The molecule has 1 nitrogen and oxygen atoms in total. The summed E-state index contributed by atoms with van der Waals surface area (Å²) in [5.41, 5.74) is 3.14. The fourth-order valence-electron chi connectivity index (χ4n) is 2.41. The van der Waals surface area contributed by atoms with E-state index in [4.69, 9.17) is 0 Å². The Kier molecular flexibility index (Phi) is 2.87. The minimum atomic E-state index is 0.688. The quantitative estimate of drug-likeness (QED) is 0.768. The molecule has 76 valence electrons. The van der Waals surface area contributed by atoms with Crippen LogP contribution in [0, 0.1) is 0 Å². The molecule has 1 N–H and O–H groups in total. The summed E-state index contributed by atoms with van der Waals surface area (Å²) in [5, 5.41) is 3.38. The van der Waals surface area contributed by atoms with Crippen LogP contribution in [0.25, 0.3) is 0 Å². The first-order valence-corrected chi connectivity index (χ1v) is 5.60.